The predicted molar refractivity (Wildman–Crippen MR) is 75.8 cm³/mol. The molecule has 7 nitrogen and oxygen atoms in total. The molecule has 0 aliphatic carbocycles. The van der Waals surface area contributed by atoms with Gasteiger partial charge in [0.05, 0.1) is 17.9 Å². The van der Waals surface area contributed by atoms with Gasteiger partial charge in [-0.05, 0) is 20.3 Å². The van der Waals surface area contributed by atoms with Gasteiger partial charge in [0.15, 0.2) is 0 Å². The fourth-order valence-corrected chi connectivity index (χ4v) is 3.09. The summed E-state index contributed by atoms with van der Waals surface area (Å²) in [7, 11) is 0. The molecule has 3 heterocycles. The second-order valence-electron chi connectivity index (χ2n) is 5.57. The number of hydrogen-bond acceptors (Lipinski definition) is 5. The summed E-state index contributed by atoms with van der Waals surface area (Å²) in [4.78, 5) is 34.8. The second kappa shape index (κ2) is 5.48. The van der Waals surface area contributed by atoms with Gasteiger partial charge in [-0.2, -0.15) is 0 Å². The van der Waals surface area contributed by atoms with Crippen molar-refractivity contribution >= 4 is 6.09 Å². The molecule has 1 fully saturated rings. The molecule has 1 N–H and O–H groups in total. The Kier molecular flexibility index (Phi) is 3.67. The van der Waals surface area contributed by atoms with Gasteiger partial charge in [0, 0.05) is 32.2 Å². The molecule has 7 heteroatoms. The van der Waals surface area contributed by atoms with Crippen molar-refractivity contribution < 1.29 is 9.53 Å². The smallest absolute Gasteiger partial charge is 0.409 e. The molecule has 0 unspecified atom stereocenters. The van der Waals surface area contributed by atoms with E-state index in [1.807, 2.05) is 6.92 Å². The van der Waals surface area contributed by atoms with Gasteiger partial charge in [0.25, 0.3) is 5.56 Å². The molecule has 2 aliphatic rings. The summed E-state index contributed by atoms with van der Waals surface area (Å²) < 4.78 is 5.03. The first kappa shape index (κ1) is 14.1. The average Bonchev–Trinajstić information content (AvgIpc) is 3.04. The molecule has 1 aromatic rings. The maximum absolute atomic E-state index is 11.9. The highest BCUT2D eigenvalue weighted by atomic mass is 16.6. The number of nitrogens with zero attached hydrogens (tertiary/aromatic N) is 3. The number of fused-ring (bicyclic) bond motifs is 1. The minimum atomic E-state index is -0.247. The normalized spacial score (nSPS) is 21.6. The third-order valence-corrected chi connectivity index (χ3v) is 4.14. The van der Waals surface area contributed by atoms with E-state index in [4.69, 9.17) is 4.74 Å². The predicted octanol–water partition coefficient (Wildman–Crippen LogP) is 0.625. The number of carbonyl (C=O) groups is 1. The molecule has 0 bridgehead atoms. The number of rotatable bonds is 2. The molecule has 114 valence electrons. The molecule has 0 saturated carbocycles. The first-order valence-electron chi connectivity index (χ1n) is 7.33. The van der Waals surface area contributed by atoms with E-state index >= 15 is 0 Å². The zero-order valence-electron chi connectivity index (χ0n) is 12.4. The van der Waals surface area contributed by atoms with Crippen molar-refractivity contribution in [3.8, 4) is 0 Å². The number of hydrogen-bond donors (Lipinski definition) is 1. The summed E-state index contributed by atoms with van der Waals surface area (Å²) in [5.74, 6) is 0.653. The molecule has 2 aliphatic heterocycles. The summed E-state index contributed by atoms with van der Waals surface area (Å²) in [6.45, 7) is 6.66. The summed E-state index contributed by atoms with van der Waals surface area (Å²) in [6.07, 6.45) is 0.660. The second-order valence-corrected chi connectivity index (χ2v) is 5.57. The van der Waals surface area contributed by atoms with Gasteiger partial charge in [0.2, 0.25) is 0 Å². The Morgan fingerprint density at radius 2 is 2.29 bits per heavy atom. The molecule has 1 atom stereocenters. The Balaban J connectivity index is 1.67. The van der Waals surface area contributed by atoms with Crippen molar-refractivity contribution in [3.05, 3.63) is 27.4 Å². The first-order valence-corrected chi connectivity index (χ1v) is 7.33. The number of amides is 1. The Hall–Kier alpha value is -1.89. The SMILES string of the molecule is CCOC(=O)N1CC[C@@H](N2Cc3nc(C)[nH]c(=O)c3C2)C1. The van der Waals surface area contributed by atoms with E-state index in [0.717, 1.165) is 17.7 Å². The maximum atomic E-state index is 11.9. The Morgan fingerprint density at radius 1 is 1.48 bits per heavy atom. The lowest BCUT2D eigenvalue weighted by atomic mass is 10.2. The van der Waals surface area contributed by atoms with Crippen LogP contribution in [-0.4, -0.2) is 51.6 Å². The average molecular weight is 292 g/mol. The van der Waals surface area contributed by atoms with Crippen molar-refractivity contribution in [2.24, 2.45) is 0 Å². The molecule has 0 radical (unpaired) electrons. The van der Waals surface area contributed by atoms with Crippen LogP contribution in [0.4, 0.5) is 4.79 Å². The van der Waals surface area contributed by atoms with E-state index in [1.165, 1.54) is 0 Å². The molecule has 1 saturated heterocycles. The monoisotopic (exact) mass is 292 g/mol. The van der Waals surface area contributed by atoms with E-state index < -0.39 is 0 Å². The standard InChI is InChI=1S/C14H20N4O3/c1-3-21-14(20)17-5-4-10(6-17)18-7-11-12(8-18)15-9(2)16-13(11)19/h10H,3-8H2,1-2H3,(H,15,16,19)/t10-/m1/s1. The van der Waals surface area contributed by atoms with E-state index in [1.54, 1.807) is 11.8 Å². The van der Waals surface area contributed by atoms with Gasteiger partial charge >= 0.3 is 6.09 Å². The van der Waals surface area contributed by atoms with Crippen molar-refractivity contribution in [1.82, 2.24) is 19.8 Å². The number of aromatic amines is 1. The summed E-state index contributed by atoms with van der Waals surface area (Å²) in [6, 6.07) is 0.267. The zero-order chi connectivity index (χ0) is 15.0. The molecule has 3 rings (SSSR count). The number of likely N-dealkylation sites (tertiary alicyclic amines) is 1. The van der Waals surface area contributed by atoms with E-state index in [9.17, 15) is 9.59 Å². The van der Waals surface area contributed by atoms with Gasteiger partial charge in [0.1, 0.15) is 5.82 Å². The first-order chi connectivity index (χ1) is 10.1. The zero-order valence-corrected chi connectivity index (χ0v) is 12.4. The highest BCUT2D eigenvalue weighted by Gasteiger charge is 2.35. The summed E-state index contributed by atoms with van der Waals surface area (Å²) in [5.41, 5.74) is 1.58. The van der Waals surface area contributed by atoms with Gasteiger partial charge in [-0.25, -0.2) is 9.78 Å². The third kappa shape index (κ3) is 2.65. The van der Waals surface area contributed by atoms with Crippen LogP contribution in [-0.2, 0) is 17.8 Å². The van der Waals surface area contributed by atoms with Crippen LogP contribution in [0.3, 0.4) is 0 Å². The number of carbonyl (C=O) groups excluding carboxylic acids is 1. The number of nitrogens with one attached hydrogen (secondary N) is 1. The Morgan fingerprint density at radius 3 is 3.05 bits per heavy atom. The van der Waals surface area contributed by atoms with Crippen LogP contribution < -0.4 is 5.56 Å². The number of H-pyrrole nitrogens is 1. The molecule has 1 amide bonds. The fourth-order valence-electron chi connectivity index (χ4n) is 3.09. The van der Waals surface area contributed by atoms with Gasteiger partial charge < -0.3 is 14.6 Å². The number of aryl methyl sites for hydroxylation is 1. The van der Waals surface area contributed by atoms with E-state index in [2.05, 4.69) is 14.9 Å². The topological polar surface area (TPSA) is 78.5 Å². The van der Waals surface area contributed by atoms with Gasteiger partial charge in [-0.3, -0.25) is 9.69 Å². The molecule has 21 heavy (non-hydrogen) atoms. The molecule has 0 spiro atoms. The molecular formula is C14H20N4O3. The number of aromatic nitrogens is 2. The molecular weight excluding hydrogens is 272 g/mol. The minimum absolute atomic E-state index is 0.0414. The van der Waals surface area contributed by atoms with Crippen LogP contribution in [0, 0.1) is 6.92 Å². The van der Waals surface area contributed by atoms with Crippen LogP contribution in [0.5, 0.6) is 0 Å². The van der Waals surface area contributed by atoms with Crippen molar-refractivity contribution in [2.75, 3.05) is 19.7 Å². The quantitative estimate of drug-likeness (QED) is 0.864. The van der Waals surface area contributed by atoms with Crippen LogP contribution in [0.1, 0.15) is 30.4 Å². The van der Waals surface area contributed by atoms with Crippen LogP contribution in [0.2, 0.25) is 0 Å². The van der Waals surface area contributed by atoms with Crippen LogP contribution in [0.25, 0.3) is 0 Å². The highest BCUT2D eigenvalue weighted by Crippen LogP contribution is 2.25. The fraction of sp³-hybridized carbons (Fsp3) is 0.643. The lowest BCUT2D eigenvalue weighted by molar-refractivity contribution is 0.110. The highest BCUT2D eigenvalue weighted by molar-refractivity contribution is 5.68. The molecule has 0 aromatic carbocycles. The lowest BCUT2D eigenvalue weighted by Crippen LogP contribution is -2.36. The van der Waals surface area contributed by atoms with Gasteiger partial charge in [-0.1, -0.05) is 0 Å². The van der Waals surface area contributed by atoms with Crippen molar-refractivity contribution in [3.63, 3.8) is 0 Å². The van der Waals surface area contributed by atoms with Crippen LogP contribution in [0.15, 0.2) is 4.79 Å². The number of ether oxygens (including phenoxy) is 1. The Bertz CT molecular complexity index is 613. The van der Waals surface area contributed by atoms with E-state index in [-0.39, 0.29) is 17.7 Å². The maximum Gasteiger partial charge on any atom is 0.409 e. The summed E-state index contributed by atoms with van der Waals surface area (Å²) >= 11 is 0. The minimum Gasteiger partial charge on any atom is -0.450 e. The van der Waals surface area contributed by atoms with E-state index in [0.29, 0.717) is 38.6 Å². The van der Waals surface area contributed by atoms with Crippen LogP contribution >= 0.6 is 0 Å². The lowest BCUT2D eigenvalue weighted by Gasteiger charge is -2.23. The summed E-state index contributed by atoms with van der Waals surface area (Å²) in [5, 5.41) is 0. The third-order valence-electron chi connectivity index (χ3n) is 4.14. The van der Waals surface area contributed by atoms with Crippen molar-refractivity contribution in [2.45, 2.75) is 39.4 Å². The van der Waals surface area contributed by atoms with Crippen molar-refractivity contribution in [1.29, 1.82) is 0 Å². The Labute approximate surface area is 122 Å². The largest absolute Gasteiger partial charge is 0.450 e. The molecule has 1 aromatic heterocycles. The van der Waals surface area contributed by atoms with Gasteiger partial charge in [-0.15, -0.1) is 0 Å².